The lowest BCUT2D eigenvalue weighted by molar-refractivity contribution is 0.208. The van der Waals surface area contributed by atoms with Gasteiger partial charge in [-0.05, 0) is 11.6 Å². The van der Waals surface area contributed by atoms with Crippen LogP contribution in [0.1, 0.15) is 5.56 Å². The van der Waals surface area contributed by atoms with Gasteiger partial charge in [0.15, 0.2) is 11.6 Å². The number of amides is 1. The number of hydrogen-bond acceptors (Lipinski definition) is 2. The number of ether oxygens (including phenoxy) is 1. The standard InChI is InChI=1S/C8H6BrClFNO2/c9-3-4-1-6(11)7(2-5(4)10)14-8(12)13/h1-2H,3H2,(H2,12,13). The van der Waals surface area contributed by atoms with Gasteiger partial charge in [0.05, 0.1) is 0 Å². The van der Waals surface area contributed by atoms with Crippen molar-refractivity contribution in [2.75, 3.05) is 0 Å². The Balaban J connectivity index is 3.08. The SMILES string of the molecule is NC(=O)Oc1cc(Cl)c(CBr)cc1F. The molecular weight excluding hydrogens is 276 g/mol. The van der Waals surface area contributed by atoms with E-state index >= 15 is 0 Å². The predicted molar refractivity (Wildman–Crippen MR) is 54.3 cm³/mol. The summed E-state index contributed by atoms with van der Waals surface area (Å²) in [4.78, 5) is 10.4. The average molecular weight is 282 g/mol. The van der Waals surface area contributed by atoms with Gasteiger partial charge in [-0.1, -0.05) is 27.5 Å². The number of nitrogens with two attached hydrogens (primary N) is 1. The summed E-state index contributed by atoms with van der Waals surface area (Å²) < 4.78 is 17.6. The number of halogens is 3. The van der Waals surface area contributed by atoms with Gasteiger partial charge in [0, 0.05) is 16.4 Å². The third-order valence-electron chi connectivity index (χ3n) is 1.46. The second kappa shape index (κ2) is 4.61. The van der Waals surface area contributed by atoms with Crippen LogP contribution in [0.5, 0.6) is 5.75 Å². The lowest BCUT2D eigenvalue weighted by Gasteiger charge is -2.05. The summed E-state index contributed by atoms with van der Waals surface area (Å²) in [5, 5.41) is 0.721. The summed E-state index contributed by atoms with van der Waals surface area (Å²) in [6.45, 7) is 0. The lowest BCUT2D eigenvalue weighted by atomic mass is 10.2. The first-order valence-corrected chi connectivity index (χ1v) is 5.05. The van der Waals surface area contributed by atoms with E-state index in [0.717, 1.165) is 0 Å². The van der Waals surface area contributed by atoms with Gasteiger partial charge >= 0.3 is 6.09 Å². The molecule has 76 valence electrons. The Bertz CT molecular complexity index is 373. The Kier molecular flexibility index (Phi) is 3.71. The number of benzene rings is 1. The average Bonchev–Trinajstić information content (AvgIpc) is 2.10. The smallest absolute Gasteiger partial charge is 0.407 e. The first kappa shape index (κ1) is 11.3. The summed E-state index contributed by atoms with van der Waals surface area (Å²) in [6.07, 6.45) is -1.08. The molecule has 0 fully saturated rings. The third-order valence-corrected chi connectivity index (χ3v) is 2.41. The molecule has 1 amide bonds. The van der Waals surface area contributed by atoms with Crippen LogP contribution in [0.4, 0.5) is 9.18 Å². The predicted octanol–water partition coefficient (Wildman–Crippen LogP) is 2.83. The van der Waals surface area contributed by atoms with Crippen molar-refractivity contribution in [1.82, 2.24) is 0 Å². The minimum absolute atomic E-state index is 0.271. The summed E-state index contributed by atoms with van der Waals surface area (Å²) in [6, 6.07) is 2.38. The molecule has 0 heterocycles. The Labute approximate surface area is 93.1 Å². The van der Waals surface area contributed by atoms with E-state index in [2.05, 4.69) is 20.7 Å². The van der Waals surface area contributed by atoms with Crippen molar-refractivity contribution in [3.05, 3.63) is 28.5 Å². The minimum atomic E-state index is -1.08. The molecule has 14 heavy (non-hydrogen) atoms. The van der Waals surface area contributed by atoms with Crippen molar-refractivity contribution in [3.8, 4) is 5.75 Å². The zero-order valence-corrected chi connectivity index (χ0v) is 9.23. The van der Waals surface area contributed by atoms with Crippen molar-refractivity contribution in [2.45, 2.75) is 5.33 Å². The molecule has 0 aliphatic rings. The fourth-order valence-electron chi connectivity index (χ4n) is 0.859. The minimum Gasteiger partial charge on any atom is -0.407 e. The number of hydrogen-bond donors (Lipinski definition) is 1. The monoisotopic (exact) mass is 281 g/mol. The molecule has 1 aromatic carbocycles. The first-order valence-electron chi connectivity index (χ1n) is 3.55. The van der Waals surface area contributed by atoms with Crippen molar-refractivity contribution in [3.63, 3.8) is 0 Å². The molecule has 1 aromatic rings. The van der Waals surface area contributed by atoms with E-state index in [-0.39, 0.29) is 5.75 Å². The molecule has 0 unspecified atom stereocenters. The Hall–Kier alpha value is -0.810. The maximum absolute atomic E-state index is 13.2. The topological polar surface area (TPSA) is 52.3 Å². The molecule has 0 aromatic heterocycles. The van der Waals surface area contributed by atoms with Gasteiger partial charge in [0.1, 0.15) is 0 Å². The van der Waals surface area contributed by atoms with Crippen LogP contribution >= 0.6 is 27.5 Å². The number of carbonyl (C=O) groups excluding carboxylic acids is 1. The molecule has 6 heteroatoms. The van der Waals surface area contributed by atoms with Gasteiger partial charge in [-0.15, -0.1) is 0 Å². The van der Waals surface area contributed by atoms with Crippen LogP contribution in [0.2, 0.25) is 5.02 Å². The number of carbonyl (C=O) groups is 1. The van der Waals surface area contributed by atoms with Crippen molar-refractivity contribution < 1.29 is 13.9 Å². The van der Waals surface area contributed by atoms with E-state index in [0.29, 0.717) is 15.9 Å². The molecular formula is C8H6BrClFNO2. The van der Waals surface area contributed by atoms with Gasteiger partial charge < -0.3 is 10.5 Å². The molecule has 1 rings (SSSR count). The van der Waals surface area contributed by atoms with Crippen molar-refractivity contribution in [1.29, 1.82) is 0 Å². The lowest BCUT2D eigenvalue weighted by Crippen LogP contribution is -2.17. The molecule has 0 atom stereocenters. The van der Waals surface area contributed by atoms with Crippen LogP contribution in [-0.2, 0) is 5.33 Å². The zero-order valence-electron chi connectivity index (χ0n) is 6.89. The highest BCUT2D eigenvalue weighted by Gasteiger charge is 2.10. The Morgan fingerprint density at radius 3 is 2.79 bits per heavy atom. The number of primary amides is 1. The molecule has 3 nitrogen and oxygen atoms in total. The van der Waals surface area contributed by atoms with Crippen LogP contribution in [0.25, 0.3) is 0 Å². The summed E-state index contributed by atoms with van der Waals surface area (Å²) in [5.41, 5.74) is 5.30. The van der Waals surface area contributed by atoms with E-state index in [1.807, 2.05) is 0 Å². The fourth-order valence-corrected chi connectivity index (χ4v) is 1.70. The Morgan fingerprint density at radius 1 is 1.64 bits per heavy atom. The molecule has 0 bridgehead atoms. The van der Waals surface area contributed by atoms with Crippen LogP contribution in [0.15, 0.2) is 12.1 Å². The van der Waals surface area contributed by atoms with E-state index in [4.69, 9.17) is 17.3 Å². The Morgan fingerprint density at radius 2 is 2.29 bits per heavy atom. The second-order valence-electron chi connectivity index (χ2n) is 2.43. The normalized spacial score (nSPS) is 9.93. The largest absolute Gasteiger partial charge is 0.410 e. The molecule has 0 saturated carbocycles. The summed E-state index contributed by atoms with van der Waals surface area (Å²) >= 11 is 8.89. The van der Waals surface area contributed by atoms with E-state index in [1.54, 1.807) is 0 Å². The summed E-state index contributed by atoms with van der Waals surface area (Å²) in [5.74, 6) is -0.949. The molecule has 0 aliphatic carbocycles. The second-order valence-corrected chi connectivity index (χ2v) is 3.40. The fraction of sp³-hybridized carbons (Fsp3) is 0.125. The van der Waals surface area contributed by atoms with Crippen LogP contribution in [0, 0.1) is 5.82 Å². The summed E-state index contributed by atoms with van der Waals surface area (Å²) in [7, 11) is 0. The van der Waals surface area contributed by atoms with Crippen LogP contribution in [0.3, 0.4) is 0 Å². The first-order chi connectivity index (χ1) is 6.54. The van der Waals surface area contributed by atoms with Gasteiger partial charge in [-0.3, -0.25) is 0 Å². The van der Waals surface area contributed by atoms with Crippen LogP contribution in [-0.4, -0.2) is 6.09 Å². The molecule has 0 spiro atoms. The number of alkyl halides is 1. The van der Waals surface area contributed by atoms with Crippen molar-refractivity contribution in [2.24, 2.45) is 5.73 Å². The zero-order chi connectivity index (χ0) is 10.7. The van der Waals surface area contributed by atoms with Gasteiger partial charge in [0.25, 0.3) is 0 Å². The highest BCUT2D eigenvalue weighted by atomic mass is 79.9. The van der Waals surface area contributed by atoms with Gasteiger partial charge in [-0.25, -0.2) is 9.18 Å². The highest BCUT2D eigenvalue weighted by molar-refractivity contribution is 9.08. The van der Waals surface area contributed by atoms with Crippen molar-refractivity contribution >= 4 is 33.6 Å². The van der Waals surface area contributed by atoms with Gasteiger partial charge in [-0.2, -0.15) is 0 Å². The molecule has 0 aliphatic heterocycles. The molecule has 2 N–H and O–H groups in total. The quantitative estimate of drug-likeness (QED) is 0.848. The van der Waals surface area contributed by atoms with Crippen LogP contribution < -0.4 is 10.5 Å². The maximum Gasteiger partial charge on any atom is 0.410 e. The van der Waals surface area contributed by atoms with E-state index < -0.39 is 11.9 Å². The highest BCUT2D eigenvalue weighted by Crippen LogP contribution is 2.27. The van der Waals surface area contributed by atoms with E-state index in [1.165, 1.54) is 12.1 Å². The number of rotatable bonds is 2. The van der Waals surface area contributed by atoms with Gasteiger partial charge in [0.2, 0.25) is 0 Å². The maximum atomic E-state index is 13.2. The molecule has 0 saturated heterocycles. The third kappa shape index (κ3) is 2.59. The van der Waals surface area contributed by atoms with E-state index in [9.17, 15) is 9.18 Å². The molecule has 0 radical (unpaired) electrons.